The number of hydrogen-bond acceptors (Lipinski definition) is 3. The summed E-state index contributed by atoms with van der Waals surface area (Å²) in [5.74, 6) is 0.456. The number of rotatable bonds is 3. The number of piperidine rings is 1. The highest BCUT2D eigenvalue weighted by Crippen LogP contribution is 2.27. The van der Waals surface area contributed by atoms with E-state index in [1.165, 1.54) is 5.56 Å². The summed E-state index contributed by atoms with van der Waals surface area (Å²) >= 11 is 3.56. The van der Waals surface area contributed by atoms with Gasteiger partial charge in [0.1, 0.15) is 0 Å². The lowest BCUT2D eigenvalue weighted by molar-refractivity contribution is 0.0695. The number of hydrogen-bond donors (Lipinski definition) is 2. The van der Waals surface area contributed by atoms with Gasteiger partial charge in [0.25, 0.3) is 0 Å². The first kappa shape index (κ1) is 13.8. The van der Waals surface area contributed by atoms with Crippen LogP contribution in [0.2, 0.25) is 0 Å². The van der Waals surface area contributed by atoms with Crippen molar-refractivity contribution >= 4 is 21.6 Å². The number of anilines is 1. The molecule has 3 nitrogen and oxygen atoms in total. The molecule has 0 bridgehead atoms. The minimum absolute atomic E-state index is 0.180. The molecule has 1 aliphatic rings. The minimum Gasteiger partial charge on any atom is -0.398 e. The molecule has 100 valence electrons. The Labute approximate surface area is 117 Å². The lowest BCUT2D eigenvalue weighted by Gasteiger charge is -2.33. The van der Waals surface area contributed by atoms with Gasteiger partial charge in [-0.05, 0) is 50.9 Å². The van der Waals surface area contributed by atoms with Crippen molar-refractivity contribution in [3.05, 3.63) is 28.2 Å². The molecule has 0 saturated carbocycles. The number of nitrogens with zero attached hydrogens (tertiary/aromatic N) is 1. The Morgan fingerprint density at radius 1 is 1.44 bits per heavy atom. The van der Waals surface area contributed by atoms with Gasteiger partial charge in [-0.25, -0.2) is 0 Å². The van der Waals surface area contributed by atoms with E-state index in [1.54, 1.807) is 0 Å². The van der Waals surface area contributed by atoms with E-state index in [2.05, 4.69) is 20.8 Å². The van der Waals surface area contributed by atoms with Gasteiger partial charge >= 0.3 is 0 Å². The molecule has 3 N–H and O–H groups in total. The highest BCUT2D eigenvalue weighted by atomic mass is 79.9. The molecule has 1 heterocycles. The molecule has 1 aromatic rings. The van der Waals surface area contributed by atoms with Gasteiger partial charge in [-0.15, -0.1) is 0 Å². The fourth-order valence-electron chi connectivity index (χ4n) is 2.56. The van der Waals surface area contributed by atoms with E-state index < -0.39 is 0 Å². The van der Waals surface area contributed by atoms with Crippen LogP contribution in [0, 0.1) is 5.92 Å². The molecule has 0 aromatic heterocycles. The summed E-state index contributed by atoms with van der Waals surface area (Å²) in [6.07, 6.45) is 1.96. The van der Waals surface area contributed by atoms with Gasteiger partial charge in [0.05, 0.1) is 6.10 Å². The van der Waals surface area contributed by atoms with E-state index in [-0.39, 0.29) is 6.10 Å². The maximum Gasteiger partial charge on any atom is 0.0541 e. The zero-order valence-electron chi connectivity index (χ0n) is 10.8. The van der Waals surface area contributed by atoms with Crippen LogP contribution in [-0.4, -0.2) is 29.2 Å². The van der Waals surface area contributed by atoms with Gasteiger partial charge in [-0.2, -0.15) is 0 Å². The molecule has 1 atom stereocenters. The molecule has 1 aliphatic heterocycles. The molecule has 1 fully saturated rings. The second-order valence-electron chi connectivity index (χ2n) is 5.16. The number of likely N-dealkylation sites (tertiary alicyclic amines) is 1. The Morgan fingerprint density at radius 2 is 2.11 bits per heavy atom. The Hall–Kier alpha value is -0.580. The summed E-state index contributed by atoms with van der Waals surface area (Å²) in [6.45, 7) is 4.86. The van der Waals surface area contributed by atoms with Gasteiger partial charge < -0.3 is 10.8 Å². The van der Waals surface area contributed by atoms with Gasteiger partial charge in [0.2, 0.25) is 0 Å². The maximum atomic E-state index is 9.60. The van der Waals surface area contributed by atoms with Crippen LogP contribution in [0.3, 0.4) is 0 Å². The largest absolute Gasteiger partial charge is 0.398 e. The molecule has 0 aliphatic carbocycles. The van der Waals surface area contributed by atoms with Gasteiger partial charge in [-0.3, -0.25) is 4.90 Å². The maximum absolute atomic E-state index is 9.60. The van der Waals surface area contributed by atoms with Crippen LogP contribution in [0.25, 0.3) is 0 Å². The molecule has 18 heavy (non-hydrogen) atoms. The number of nitrogens with two attached hydrogens (primary N) is 1. The van der Waals surface area contributed by atoms with Crippen LogP contribution < -0.4 is 5.73 Å². The normalized spacial score (nSPS) is 19.9. The van der Waals surface area contributed by atoms with Crippen molar-refractivity contribution in [3.8, 4) is 0 Å². The topological polar surface area (TPSA) is 49.5 Å². The Balaban J connectivity index is 1.96. The van der Waals surface area contributed by atoms with E-state index in [4.69, 9.17) is 5.73 Å². The fraction of sp³-hybridized carbons (Fsp3) is 0.571. The quantitative estimate of drug-likeness (QED) is 0.844. The molecule has 0 spiro atoms. The number of benzene rings is 1. The Morgan fingerprint density at radius 3 is 2.67 bits per heavy atom. The van der Waals surface area contributed by atoms with Crippen molar-refractivity contribution < 1.29 is 5.11 Å². The van der Waals surface area contributed by atoms with Crippen molar-refractivity contribution in [2.45, 2.75) is 32.4 Å². The van der Waals surface area contributed by atoms with E-state index in [0.717, 1.165) is 42.6 Å². The van der Waals surface area contributed by atoms with Crippen molar-refractivity contribution in [2.24, 2.45) is 5.92 Å². The summed E-state index contributed by atoms with van der Waals surface area (Å²) in [5, 5.41) is 9.60. The predicted molar refractivity (Wildman–Crippen MR) is 78.2 cm³/mol. The molecule has 1 saturated heterocycles. The van der Waals surface area contributed by atoms with Gasteiger partial charge in [-0.1, -0.05) is 22.0 Å². The predicted octanol–water partition coefficient (Wildman–Crippen LogP) is 2.62. The minimum atomic E-state index is -0.180. The first-order valence-electron chi connectivity index (χ1n) is 6.51. The van der Waals surface area contributed by atoms with Crippen molar-refractivity contribution in [3.63, 3.8) is 0 Å². The summed E-state index contributed by atoms with van der Waals surface area (Å²) in [5.41, 5.74) is 8.04. The zero-order valence-corrected chi connectivity index (χ0v) is 12.4. The lowest BCUT2D eigenvalue weighted by Crippen LogP contribution is -2.36. The Kier molecular flexibility index (Phi) is 4.65. The standard InChI is InChI=1S/C14H21BrN2O/c1-10(18)11-5-7-17(8-6-11)9-12-13(15)3-2-4-14(12)16/h2-4,10-11,18H,5-9,16H2,1H3. The van der Waals surface area contributed by atoms with Crippen molar-refractivity contribution in [1.82, 2.24) is 4.90 Å². The van der Waals surface area contributed by atoms with Crippen molar-refractivity contribution in [1.29, 1.82) is 0 Å². The first-order valence-corrected chi connectivity index (χ1v) is 7.30. The highest BCUT2D eigenvalue weighted by molar-refractivity contribution is 9.10. The number of nitrogen functional groups attached to an aromatic ring is 1. The molecular formula is C14H21BrN2O. The summed E-state index contributed by atoms with van der Waals surface area (Å²) in [6, 6.07) is 5.94. The van der Waals surface area contributed by atoms with Crippen LogP contribution in [0.4, 0.5) is 5.69 Å². The molecular weight excluding hydrogens is 292 g/mol. The number of aliphatic hydroxyl groups excluding tert-OH is 1. The van der Waals surface area contributed by atoms with Crippen LogP contribution >= 0.6 is 15.9 Å². The second-order valence-corrected chi connectivity index (χ2v) is 6.02. The first-order chi connectivity index (χ1) is 8.58. The third-order valence-corrected chi connectivity index (χ3v) is 4.59. The van der Waals surface area contributed by atoms with E-state index in [0.29, 0.717) is 5.92 Å². The molecule has 1 aromatic carbocycles. The van der Waals surface area contributed by atoms with Crippen LogP contribution in [0.15, 0.2) is 22.7 Å². The number of halogens is 1. The SMILES string of the molecule is CC(O)C1CCN(Cc2c(N)cccc2Br)CC1. The monoisotopic (exact) mass is 312 g/mol. The van der Waals surface area contributed by atoms with Gasteiger partial charge in [0, 0.05) is 22.3 Å². The van der Waals surface area contributed by atoms with E-state index >= 15 is 0 Å². The third kappa shape index (κ3) is 3.25. The van der Waals surface area contributed by atoms with Crippen molar-refractivity contribution in [2.75, 3.05) is 18.8 Å². The number of aliphatic hydroxyl groups is 1. The summed E-state index contributed by atoms with van der Waals surface area (Å²) in [7, 11) is 0. The molecule has 2 rings (SSSR count). The van der Waals surface area contributed by atoms with Crippen LogP contribution in [0.5, 0.6) is 0 Å². The molecule has 4 heteroatoms. The van der Waals surface area contributed by atoms with Crippen LogP contribution in [0.1, 0.15) is 25.3 Å². The summed E-state index contributed by atoms with van der Waals surface area (Å²) in [4.78, 5) is 2.41. The lowest BCUT2D eigenvalue weighted by atomic mass is 9.92. The Bertz CT molecular complexity index is 381. The second kappa shape index (κ2) is 6.04. The smallest absolute Gasteiger partial charge is 0.0541 e. The summed E-state index contributed by atoms with van der Waals surface area (Å²) < 4.78 is 1.08. The fourth-order valence-corrected chi connectivity index (χ4v) is 3.07. The van der Waals surface area contributed by atoms with E-state index in [1.807, 2.05) is 25.1 Å². The third-order valence-electron chi connectivity index (χ3n) is 3.85. The van der Waals surface area contributed by atoms with Gasteiger partial charge in [0.15, 0.2) is 0 Å². The average Bonchev–Trinajstić information content (AvgIpc) is 2.34. The molecule has 0 radical (unpaired) electrons. The average molecular weight is 313 g/mol. The molecule has 1 unspecified atom stereocenters. The van der Waals surface area contributed by atoms with E-state index in [9.17, 15) is 5.11 Å². The molecule has 0 amide bonds. The zero-order chi connectivity index (χ0) is 13.1. The van der Waals surface area contributed by atoms with Crippen LogP contribution in [-0.2, 0) is 6.54 Å². The highest BCUT2D eigenvalue weighted by Gasteiger charge is 2.23.